The zero-order valence-corrected chi connectivity index (χ0v) is 17.4. The second-order valence-electron chi connectivity index (χ2n) is 8.00. The van der Waals surface area contributed by atoms with Gasteiger partial charge in [0.15, 0.2) is 0 Å². The number of aromatic nitrogens is 1. The average molecular weight is 415 g/mol. The summed E-state index contributed by atoms with van der Waals surface area (Å²) in [4.78, 5) is 21.0. The first-order valence-corrected chi connectivity index (χ1v) is 10.8. The molecule has 2 aliphatic heterocycles. The number of anilines is 1. The van der Waals surface area contributed by atoms with Gasteiger partial charge >= 0.3 is 6.09 Å². The molecule has 1 atom stereocenters. The molecule has 1 amide bonds. The van der Waals surface area contributed by atoms with E-state index < -0.39 is 0 Å². The molecule has 2 aromatic carbocycles. The standard InChI is InChI=1S/C25H26N4O2/c30-25-29(18-23(31-25)21-4-2-1-3-5-21)17-19-6-8-20(9-7-19)22-10-11-24(27-16-22)28-14-12-26-13-15-28/h1-11,16,23,26H,12-15,17-18H2/t23-/m0/s1. The fraction of sp³-hybridized carbons (Fsp3) is 0.280. The molecule has 1 aromatic heterocycles. The second-order valence-corrected chi connectivity index (χ2v) is 8.00. The van der Waals surface area contributed by atoms with Gasteiger partial charge in [-0.25, -0.2) is 9.78 Å². The quantitative estimate of drug-likeness (QED) is 0.687. The molecular formula is C25H26N4O2. The van der Waals surface area contributed by atoms with Gasteiger partial charge in [0, 0.05) is 44.5 Å². The molecule has 1 N–H and O–H groups in total. The predicted molar refractivity (Wildman–Crippen MR) is 121 cm³/mol. The van der Waals surface area contributed by atoms with Crippen molar-refractivity contribution < 1.29 is 9.53 Å². The van der Waals surface area contributed by atoms with Crippen molar-refractivity contribution in [1.82, 2.24) is 15.2 Å². The number of piperazine rings is 1. The van der Waals surface area contributed by atoms with Crippen molar-refractivity contribution in [3.05, 3.63) is 84.1 Å². The van der Waals surface area contributed by atoms with Crippen molar-refractivity contribution in [1.29, 1.82) is 0 Å². The SMILES string of the molecule is O=C1O[C@H](c2ccccc2)CN1Cc1ccc(-c2ccc(N3CCNCC3)nc2)cc1. The molecule has 0 unspecified atom stereocenters. The van der Waals surface area contributed by atoms with Crippen molar-refractivity contribution in [2.24, 2.45) is 0 Å². The van der Waals surface area contributed by atoms with Crippen LogP contribution in [0.2, 0.25) is 0 Å². The summed E-state index contributed by atoms with van der Waals surface area (Å²) in [5.41, 5.74) is 4.33. The highest BCUT2D eigenvalue weighted by Gasteiger charge is 2.32. The highest BCUT2D eigenvalue weighted by atomic mass is 16.6. The van der Waals surface area contributed by atoms with E-state index >= 15 is 0 Å². The number of pyridine rings is 1. The molecule has 0 radical (unpaired) electrons. The van der Waals surface area contributed by atoms with Crippen LogP contribution in [0.25, 0.3) is 11.1 Å². The van der Waals surface area contributed by atoms with Crippen LogP contribution in [-0.4, -0.2) is 48.7 Å². The van der Waals surface area contributed by atoms with E-state index in [2.05, 4.69) is 51.6 Å². The first-order valence-electron chi connectivity index (χ1n) is 10.8. The number of hydrogen-bond acceptors (Lipinski definition) is 5. The van der Waals surface area contributed by atoms with Gasteiger partial charge in [0.2, 0.25) is 0 Å². The molecule has 2 fully saturated rings. The third-order valence-electron chi connectivity index (χ3n) is 5.91. The summed E-state index contributed by atoms with van der Waals surface area (Å²) in [6.45, 7) is 5.10. The first-order chi connectivity index (χ1) is 15.3. The maximum atomic E-state index is 12.3. The molecule has 158 valence electrons. The molecular weight excluding hydrogens is 388 g/mol. The smallest absolute Gasteiger partial charge is 0.410 e. The van der Waals surface area contributed by atoms with E-state index in [1.165, 1.54) is 0 Å². The van der Waals surface area contributed by atoms with Crippen LogP contribution in [0.4, 0.5) is 10.6 Å². The first kappa shape index (κ1) is 19.6. The lowest BCUT2D eigenvalue weighted by molar-refractivity contribution is 0.132. The Labute approximate surface area is 182 Å². The number of nitrogens with zero attached hydrogens (tertiary/aromatic N) is 3. The van der Waals surface area contributed by atoms with Crippen molar-refractivity contribution in [3.63, 3.8) is 0 Å². The van der Waals surface area contributed by atoms with Gasteiger partial charge in [-0.3, -0.25) is 4.90 Å². The zero-order chi connectivity index (χ0) is 21.0. The van der Waals surface area contributed by atoms with Gasteiger partial charge in [-0.2, -0.15) is 0 Å². The van der Waals surface area contributed by atoms with Crippen molar-refractivity contribution in [2.75, 3.05) is 37.6 Å². The van der Waals surface area contributed by atoms with Crippen molar-refractivity contribution >= 4 is 11.9 Å². The molecule has 0 bridgehead atoms. The molecule has 31 heavy (non-hydrogen) atoms. The predicted octanol–water partition coefficient (Wildman–Crippen LogP) is 3.85. The fourth-order valence-electron chi connectivity index (χ4n) is 4.14. The molecule has 5 rings (SSSR count). The minimum absolute atomic E-state index is 0.201. The Morgan fingerprint density at radius 1 is 0.935 bits per heavy atom. The van der Waals surface area contributed by atoms with Gasteiger partial charge in [0.25, 0.3) is 0 Å². The molecule has 0 aliphatic carbocycles. The Kier molecular flexibility index (Phi) is 5.54. The summed E-state index contributed by atoms with van der Waals surface area (Å²) < 4.78 is 5.56. The van der Waals surface area contributed by atoms with Crippen LogP contribution in [-0.2, 0) is 11.3 Å². The lowest BCUT2D eigenvalue weighted by atomic mass is 10.1. The zero-order valence-electron chi connectivity index (χ0n) is 17.4. The number of amides is 1. The maximum absolute atomic E-state index is 12.3. The highest BCUT2D eigenvalue weighted by Crippen LogP contribution is 2.28. The van der Waals surface area contributed by atoms with Gasteiger partial charge in [-0.05, 0) is 28.8 Å². The number of rotatable bonds is 5. The second kappa shape index (κ2) is 8.78. The summed E-state index contributed by atoms with van der Waals surface area (Å²) in [7, 11) is 0. The van der Waals surface area contributed by atoms with E-state index in [1.807, 2.05) is 36.5 Å². The van der Waals surface area contributed by atoms with Crippen LogP contribution in [0.5, 0.6) is 0 Å². The van der Waals surface area contributed by atoms with E-state index in [-0.39, 0.29) is 12.2 Å². The number of nitrogens with one attached hydrogen (secondary N) is 1. The normalized spacial score (nSPS) is 18.8. The average Bonchev–Trinajstić information content (AvgIpc) is 3.21. The molecule has 3 aromatic rings. The number of carbonyl (C=O) groups is 1. The Morgan fingerprint density at radius 3 is 2.39 bits per heavy atom. The molecule has 6 nitrogen and oxygen atoms in total. The molecule has 2 aliphatic rings. The molecule has 0 saturated carbocycles. The van der Waals surface area contributed by atoms with E-state index in [0.29, 0.717) is 13.1 Å². The van der Waals surface area contributed by atoms with Gasteiger partial charge in [-0.1, -0.05) is 54.6 Å². The topological polar surface area (TPSA) is 57.7 Å². The van der Waals surface area contributed by atoms with Crippen LogP contribution in [0, 0.1) is 0 Å². The van der Waals surface area contributed by atoms with Crippen LogP contribution in [0.15, 0.2) is 72.9 Å². The van der Waals surface area contributed by atoms with Crippen LogP contribution >= 0.6 is 0 Å². The van der Waals surface area contributed by atoms with Gasteiger partial charge < -0.3 is 15.0 Å². The van der Waals surface area contributed by atoms with Gasteiger partial charge in [0.05, 0.1) is 6.54 Å². The lowest BCUT2D eigenvalue weighted by Crippen LogP contribution is -2.43. The Hall–Kier alpha value is -3.38. The summed E-state index contributed by atoms with van der Waals surface area (Å²) in [6.07, 6.45) is 1.48. The molecule has 3 heterocycles. The number of cyclic esters (lactones) is 1. The monoisotopic (exact) mass is 414 g/mol. The van der Waals surface area contributed by atoms with Crippen molar-refractivity contribution in [2.45, 2.75) is 12.6 Å². The Morgan fingerprint density at radius 2 is 1.68 bits per heavy atom. The third kappa shape index (κ3) is 4.39. The number of ether oxygens (including phenoxy) is 1. The highest BCUT2D eigenvalue weighted by molar-refractivity contribution is 5.70. The summed E-state index contributed by atoms with van der Waals surface area (Å²) in [5.74, 6) is 1.03. The van der Waals surface area contributed by atoms with Crippen LogP contribution in [0.3, 0.4) is 0 Å². The van der Waals surface area contributed by atoms with Crippen molar-refractivity contribution in [3.8, 4) is 11.1 Å². The number of carbonyl (C=O) groups excluding carboxylic acids is 1. The Bertz CT molecular complexity index is 1020. The largest absolute Gasteiger partial charge is 0.439 e. The summed E-state index contributed by atoms with van der Waals surface area (Å²) in [6, 6.07) is 22.4. The minimum atomic E-state index is -0.259. The fourth-order valence-corrected chi connectivity index (χ4v) is 4.14. The van der Waals surface area contributed by atoms with Crippen LogP contribution in [0.1, 0.15) is 17.2 Å². The van der Waals surface area contributed by atoms with E-state index in [4.69, 9.17) is 4.74 Å². The molecule has 6 heteroatoms. The van der Waals surface area contributed by atoms with Crippen LogP contribution < -0.4 is 10.2 Å². The Balaban J connectivity index is 1.22. The maximum Gasteiger partial charge on any atom is 0.410 e. The molecule has 2 saturated heterocycles. The lowest BCUT2D eigenvalue weighted by Gasteiger charge is -2.28. The third-order valence-corrected chi connectivity index (χ3v) is 5.91. The van der Waals surface area contributed by atoms with E-state index in [9.17, 15) is 4.79 Å². The summed E-state index contributed by atoms with van der Waals surface area (Å²) in [5, 5.41) is 3.36. The number of hydrogen-bond donors (Lipinski definition) is 1. The summed E-state index contributed by atoms with van der Waals surface area (Å²) >= 11 is 0. The van der Waals surface area contributed by atoms with E-state index in [1.54, 1.807) is 4.90 Å². The molecule has 0 spiro atoms. The minimum Gasteiger partial charge on any atom is -0.439 e. The van der Waals surface area contributed by atoms with E-state index in [0.717, 1.165) is 54.3 Å². The van der Waals surface area contributed by atoms with Gasteiger partial charge in [-0.15, -0.1) is 0 Å². The van der Waals surface area contributed by atoms with Gasteiger partial charge in [0.1, 0.15) is 11.9 Å². The number of benzene rings is 2.